The van der Waals surface area contributed by atoms with E-state index in [0.717, 1.165) is 40.7 Å². The van der Waals surface area contributed by atoms with Gasteiger partial charge in [-0.3, -0.25) is 4.99 Å². The van der Waals surface area contributed by atoms with Crippen molar-refractivity contribution in [2.75, 3.05) is 0 Å². The minimum atomic E-state index is -0.138. The van der Waals surface area contributed by atoms with E-state index in [1.54, 1.807) is 12.1 Å². The molecule has 1 N–H and O–H groups in total. The van der Waals surface area contributed by atoms with Crippen LogP contribution in [0.5, 0.6) is 0 Å². The van der Waals surface area contributed by atoms with Crippen LogP contribution in [0.2, 0.25) is 0 Å². The van der Waals surface area contributed by atoms with Gasteiger partial charge in [-0.15, -0.1) is 0 Å². The van der Waals surface area contributed by atoms with Gasteiger partial charge in [0.25, 0.3) is 0 Å². The summed E-state index contributed by atoms with van der Waals surface area (Å²) in [4.78, 5) is 4.93. The fraction of sp³-hybridized carbons (Fsp3) is 0.320. The van der Waals surface area contributed by atoms with Gasteiger partial charge in [0.1, 0.15) is 11.7 Å². The monoisotopic (exact) mass is 450 g/mol. The average molecular weight is 451 g/mol. The molecule has 2 atom stereocenters. The van der Waals surface area contributed by atoms with Crippen LogP contribution in [0.4, 0.5) is 4.39 Å². The van der Waals surface area contributed by atoms with E-state index in [1.165, 1.54) is 29.2 Å². The molecule has 4 heteroatoms. The van der Waals surface area contributed by atoms with Gasteiger partial charge >= 0.3 is 0 Å². The molecule has 29 heavy (non-hydrogen) atoms. The summed E-state index contributed by atoms with van der Waals surface area (Å²) in [6, 6.07) is 18.8. The van der Waals surface area contributed by atoms with E-state index >= 15 is 0 Å². The molecule has 1 heterocycles. The molecule has 3 aromatic rings. The summed E-state index contributed by atoms with van der Waals surface area (Å²) in [7, 11) is 0. The first-order valence-electron chi connectivity index (χ1n) is 10.5. The lowest BCUT2D eigenvalue weighted by Gasteiger charge is -2.23. The zero-order valence-electron chi connectivity index (χ0n) is 16.3. The third kappa shape index (κ3) is 3.71. The van der Waals surface area contributed by atoms with E-state index in [1.807, 2.05) is 6.07 Å². The first-order valence-corrected chi connectivity index (χ1v) is 11.3. The van der Waals surface area contributed by atoms with Crippen LogP contribution in [-0.2, 0) is 12.8 Å². The third-order valence-corrected chi connectivity index (χ3v) is 6.73. The van der Waals surface area contributed by atoms with Gasteiger partial charge < -0.3 is 5.32 Å². The summed E-state index contributed by atoms with van der Waals surface area (Å²) in [6.45, 7) is 0. The third-order valence-electron chi connectivity index (χ3n) is 6.28. The number of amidine groups is 1. The standard InChI is InChI=1S/C25H24BrFN2/c26-18-14-16-6-1-2-7-19(16)17(15-18)12-13-20-21(8-5-9-22(20)27)25-28-23-10-3-4-11-24(23)29-25/h1-2,5-9,14-15,23-24H,3-4,10-13H2,(H,28,29). The molecule has 0 spiro atoms. The van der Waals surface area contributed by atoms with Crippen molar-refractivity contribution in [3.63, 3.8) is 0 Å². The van der Waals surface area contributed by atoms with Crippen molar-refractivity contribution < 1.29 is 4.39 Å². The number of hydrogen-bond acceptors (Lipinski definition) is 2. The minimum absolute atomic E-state index is 0.138. The first-order chi connectivity index (χ1) is 14.2. The van der Waals surface area contributed by atoms with Crippen LogP contribution in [0.3, 0.4) is 0 Å². The smallest absolute Gasteiger partial charge is 0.129 e. The topological polar surface area (TPSA) is 24.4 Å². The summed E-state index contributed by atoms with van der Waals surface area (Å²) in [5, 5.41) is 6.03. The Labute approximate surface area is 179 Å². The molecule has 0 aromatic heterocycles. The number of rotatable bonds is 4. The molecule has 3 aromatic carbocycles. The van der Waals surface area contributed by atoms with Crippen LogP contribution in [0.25, 0.3) is 10.8 Å². The molecule has 0 saturated heterocycles. The molecule has 0 amide bonds. The van der Waals surface area contributed by atoms with Gasteiger partial charge in [-0.2, -0.15) is 0 Å². The number of hydrogen-bond donors (Lipinski definition) is 1. The van der Waals surface area contributed by atoms with Crippen molar-refractivity contribution in [1.29, 1.82) is 0 Å². The van der Waals surface area contributed by atoms with Crippen LogP contribution in [-0.4, -0.2) is 17.9 Å². The van der Waals surface area contributed by atoms with E-state index in [4.69, 9.17) is 4.99 Å². The number of nitrogens with zero attached hydrogens (tertiary/aromatic N) is 1. The molecule has 1 aliphatic carbocycles. The zero-order valence-corrected chi connectivity index (χ0v) is 17.9. The minimum Gasteiger partial charge on any atom is -0.365 e. The lowest BCUT2D eigenvalue weighted by molar-refractivity contribution is 0.385. The fourth-order valence-corrected chi connectivity index (χ4v) is 5.33. The van der Waals surface area contributed by atoms with Crippen LogP contribution in [0.1, 0.15) is 42.4 Å². The van der Waals surface area contributed by atoms with E-state index in [2.05, 4.69) is 57.6 Å². The van der Waals surface area contributed by atoms with Crippen LogP contribution >= 0.6 is 15.9 Å². The Kier molecular flexibility index (Phi) is 5.13. The highest BCUT2D eigenvalue weighted by Gasteiger charge is 2.32. The van der Waals surface area contributed by atoms with Gasteiger partial charge in [0.2, 0.25) is 0 Å². The molecule has 2 unspecified atom stereocenters. The maximum absolute atomic E-state index is 14.9. The second kappa shape index (κ2) is 7.91. The van der Waals surface area contributed by atoms with Crippen molar-refractivity contribution in [2.24, 2.45) is 4.99 Å². The Bertz CT molecular complexity index is 1090. The highest BCUT2D eigenvalue weighted by molar-refractivity contribution is 9.10. The summed E-state index contributed by atoms with van der Waals surface area (Å²) >= 11 is 3.62. The van der Waals surface area contributed by atoms with Gasteiger partial charge in [-0.05, 0) is 65.8 Å². The first kappa shape index (κ1) is 18.8. The molecule has 2 aliphatic rings. The van der Waals surface area contributed by atoms with Crippen molar-refractivity contribution in [3.05, 3.63) is 81.6 Å². The Morgan fingerprint density at radius 2 is 1.86 bits per heavy atom. The molecular weight excluding hydrogens is 427 g/mol. The largest absolute Gasteiger partial charge is 0.365 e. The van der Waals surface area contributed by atoms with Gasteiger partial charge in [0.05, 0.1) is 6.04 Å². The summed E-state index contributed by atoms with van der Waals surface area (Å²) in [5.74, 6) is 0.747. The SMILES string of the molecule is Fc1cccc(C2=NC3CCCCC3N2)c1CCc1cc(Br)cc2ccccc12. The molecule has 148 valence electrons. The zero-order chi connectivity index (χ0) is 19.8. The van der Waals surface area contributed by atoms with Gasteiger partial charge in [0, 0.05) is 16.1 Å². The molecule has 0 bridgehead atoms. The van der Waals surface area contributed by atoms with Gasteiger partial charge in [-0.1, -0.05) is 65.2 Å². The van der Waals surface area contributed by atoms with Crippen LogP contribution in [0.15, 0.2) is 64.1 Å². The summed E-state index contributed by atoms with van der Waals surface area (Å²) < 4.78 is 15.9. The molecular formula is C25H24BrFN2. The molecule has 1 aliphatic heterocycles. The predicted molar refractivity (Wildman–Crippen MR) is 121 cm³/mol. The second-order valence-electron chi connectivity index (χ2n) is 8.13. The number of aryl methyl sites for hydroxylation is 1. The lowest BCUT2D eigenvalue weighted by Crippen LogP contribution is -2.37. The van der Waals surface area contributed by atoms with Crippen molar-refractivity contribution in [2.45, 2.75) is 50.6 Å². The molecule has 1 fully saturated rings. The second-order valence-corrected chi connectivity index (χ2v) is 9.05. The summed E-state index contributed by atoms with van der Waals surface area (Å²) in [5.41, 5.74) is 2.93. The summed E-state index contributed by atoms with van der Waals surface area (Å²) in [6.07, 6.45) is 6.23. The van der Waals surface area contributed by atoms with Crippen molar-refractivity contribution >= 4 is 32.5 Å². The number of nitrogens with one attached hydrogen (secondary N) is 1. The van der Waals surface area contributed by atoms with E-state index in [-0.39, 0.29) is 5.82 Å². The predicted octanol–water partition coefficient (Wildman–Crippen LogP) is 6.19. The fourth-order valence-electron chi connectivity index (χ4n) is 4.81. The Morgan fingerprint density at radius 3 is 2.76 bits per heavy atom. The van der Waals surface area contributed by atoms with E-state index in [0.29, 0.717) is 18.5 Å². The van der Waals surface area contributed by atoms with Gasteiger partial charge in [0.15, 0.2) is 0 Å². The van der Waals surface area contributed by atoms with E-state index < -0.39 is 0 Å². The highest BCUT2D eigenvalue weighted by atomic mass is 79.9. The Balaban J connectivity index is 1.46. The normalized spacial score (nSPS) is 21.0. The highest BCUT2D eigenvalue weighted by Crippen LogP contribution is 2.29. The van der Waals surface area contributed by atoms with Crippen molar-refractivity contribution in [3.8, 4) is 0 Å². The molecule has 5 rings (SSSR count). The number of benzene rings is 3. The molecule has 0 radical (unpaired) electrons. The van der Waals surface area contributed by atoms with Crippen LogP contribution < -0.4 is 5.32 Å². The van der Waals surface area contributed by atoms with Crippen LogP contribution in [0, 0.1) is 5.82 Å². The average Bonchev–Trinajstić information content (AvgIpc) is 3.16. The lowest BCUT2D eigenvalue weighted by atomic mass is 9.92. The van der Waals surface area contributed by atoms with E-state index in [9.17, 15) is 4.39 Å². The van der Waals surface area contributed by atoms with Gasteiger partial charge in [-0.25, -0.2) is 4.39 Å². The molecule has 1 saturated carbocycles. The number of halogens is 2. The molecule has 2 nitrogen and oxygen atoms in total. The van der Waals surface area contributed by atoms with Crippen molar-refractivity contribution in [1.82, 2.24) is 5.32 Å². The quantitative estimate of drug-likeness (QED) is 0.503. The maximum atomic E-state index is 14.9. The Hall–Kier alpha value is -2.20. The maximum Gasteiger partial charge on any atom is 0.129 e. The Morgan fingerprint density at radius 1 is 1.00 bits per heavy atom. The number of aliphatic imine (C=N–C) groups is 1. The number of fused-ring (bicyclic) bond motifs is 2.